The summed E-state index contributed by atoms with van der Waals surface area (Å²) < 4.78 is 0.940. The fourth-order valence-electron chi connectivity index (χ4n) is 1.71. The molecule has 0 aromatic heterocycles. The average Bonchev–Trinajstić information content (AvgIpc) is 2.51. The van der Waals surface area contributed by atoms with Crippen LogP contribution < -0.4 is 5.43 Å². The molecular formula is C17H17BrN2OS. The Balaban J connectivity index is 1.89. The number of amides is 1. The van der Waals surface area contributed by atoms with Gasteiger partial charge in [-0.3, -0.25) is 4.79 Å². The van der Waals surface area contributed by atoms with E-state index in [0.717, 1.165) is 14.9 Å². The van der Waals surface area contributed by atoms with E-state index in [1.807, 2.05) is 62.4 Å². The summed E-state index contributed by atoms with van der Waals surface area (Å²) in [6.45, 7) is 3.91. The summed E-state index contributed by atoms with van der Waals surface area (Å²) in [7, 11) is 0. The van der Waals surface area contributed by atoms with Crippen LogP contribution in [0.4, 0.5) is 0 Å². The molecule has 5 heteroatoms. The Morgan fingerprint density at radius 1 is 1.23 bits per heavy atom. The maximum atomic E-state index is 12.0. The van der Waals surface area contributed by atoms with E-state index in [-0.39, 0.29) is 11.2 Å². The Morgan fingerprint density at radius 3 is 2.59 bits per heavy atom. The van der Waals surface area contributed by atoms with Crippen molar-refractivity contribution in [1.82, 2.24) is 5.43 Å². The van der Waals surface area contributed by atoms with Crippen LogP contribution in [0.3, 0.4) is 0 Å². The van der Waals surface area contributed by atoms with Crippen LogP contribution in [0.15, 0.2) is 63.0 Å². The highest BCUT2D eigenvalue weighted by Crippen LogP contribution is 2.23. The standard InChI is InChI=1S/C17H17BrN2OS/c1-12-7-9-15(10-8-12)22-13(2)17(21)20-19-11-14-5-3-4-6-16(14)18/h3-11,13H,1-2H3,(H,20,21)/b19-11-/t13-/m1/s1. The Bertz CT molecular complexity index is 671. The van der Waals surface area contributed by atoms with Gasteiger partial charge in [0.2, 0.25) is 0 Å². The van der Waals surface area contributed by atoms with Gasteiger partial charge in [-0.25, -0.2) is 5.43 Å². The first-order valence-corrected chi connectivity index (χ1v) is 8.54. The second kappa shape index (κ2) is 8.15. The number of nitrogens with zero attached hydrogens (tertiary/aromatic N) is 1. The SMILES string of the molecule is Cc1ccc(S[C@H](C)C(=O)N/N=C\c2ccccc2Br)cc1. The Morgan fingerprint density at radius 2 is 1.91 bits per heavy atom. The zero-order valence-electron chi connectivity index (χ0n) is 12.4. The van der Waals surface area contributed by atoms with Gasteiger partial charge in [-0.15, -0.1) is 11.8 Å². The largest absolute Gasteiger partial charge is 0.272 e. The molecule has 2 rings (SSSR count). The lowest BCUT2D eigenvalue weighted by Crippen LogP contribution is -2.26. The van der Waals surface area contributed by atoms with Crippen molar-refractivity contribution in [2.45, 2.75) is 24.0 Å². The summed E-state index contributed by atoms with van der Waals surface area (Å²) in [5, 5.41) is 3.80. The van der Waals surface area contributed by atoms with Crippen molar-refractivity contribution in [3.05, 3.63) is 64.1 Å². The topological polar surface area (TPSA) is 41.5 Å². The van der Waals surface area contributed by atoms with Crippen molar-refractivity contribution in [3.8, 4) is 0 Å². The van der Waals surface area contributed by atoms with Crippen LogP contribution in [-0.2, 0) is 4.79 Å². The summed E-state index contributed by atoms with van der Waals surface area (Å²) in [6, 6.07) is 15.8. The van der Waals surface area contributed by atoms with E-state index in [4.69, 9.17) is 0 Å². The summed E-state index contributed by atoms with van der Waals surface area (Å²) in [5.74, 6) is -0.117. The fraction of sp³-hybridized carbons (Fsp3) is 0.176. The Hall–Kier alpha value is -1.59. The molecule has 114 valence electrons. The van der Waals surface area contributed by atoms with Crippen LogP contribution in [0.2, 0.25) is 0 Å². The smallest absolute Gasteiger partial charge is 0.253 e. The molecule has 0 aliphatic rings. The summed E-state index contributed by atoms with van der Waals surface area (Å²) in [6.07, 6.45) is 1.63. The van der Waals surface area contributed by atoms with Crippen molar-refractivity contribution in [2.24, 2.45) is 5.10 Å². The number of thioether (sulfide) groups is 1. The van der Waals surface area contributed by atoms with Crippen LogP contribution in [0.25, 0.3) is 0 Å². The van der Waals surface area contributed by atoms with E-state index in [9.17, 15) is 4.79 Å². The predicted molar refractivity (Wildman–Crippen MR) is 96.4 cm³/mol. The Labute approximate surface area is 143 Å². The lowest BCUT2D eigenvalue weighted by molar-refractivity contribution is -0.120. The number of halogens is 1. The molecule has 2 aromatic rings. The molecule has 0 bridgehead atoms. The minimum Gasteiger partial charge on any atom is -0.272 e. The van der Waals surface area contributed by atoms with Crippen LogP contribution in [-0.4, -0.2) is 17.4 Å². The number of aryl methyl sites for hydroxylation is 1. The molecule has 2 aromatic carbocycles. The lowest BCUT2D eigenvalue weighted by Gasteiger charge is -2.09. The molecule has 1 N–H and O–H groups in total. The van der Waals surface area contributed by atoms with E-state index in [1.165, 1.54) is 17.3 Å². The minimum absolute atomic E-state index is 0.117. The quantitative estimate of drug-likeness (QED) is 0.477. The van der Waals surface area contributed by atoms with Crippen LogP contribution in [0.1, 0.15) is 18.1 Å². The maximum Gasteiger partial charge on any atom is 0.253 e. The number of carbonyl (C=O) groups is 1. The molecule has 0 saturated heterocycles. The zero-order valence-corrected chi connectivity index (χ0v) is 14.8. The second-order valence-corrected chi connectivity index (χ2v) is 7.10. The van der Waals surface area contributed by atoms with Gasteiger partial charge in [0.25, 0.3) is 5.91 Å². The van der Waals surface area contributed by atoms with Crippen LogP contribution in [0, 0.1) is 6.92 Å². The monoisotopic (exact) mass is 376 g/mol. The molecule has 0 fully saturated rings. The summed E-state index contributed by atoms with van der Waals surface area (Å²) >= 11 is 4.95. The number of nitrogens with one attached hydrogen (secondary N) is 1. The van der Waals surface area contributed by atoms with E-state index in [2.05, 4.69) is 26.5 Å². The molecule has 0 spiro atoms. The highest BCUT2D eigenvalue weighted by molar-refractivity contribution is 9.10. The number of hydrogen-bond donors (Lipinski definition) is 1. The first-order chi connectivity index (χ1) is 10.6. The molecule has 0 radical (unpaired) electrons. The number of benzene rings is 2. The highest BCUT2D eigenvalue weighted by atomic mass is 79.9. The third kappa shape index (κ3) is 5.00. The molecule has 22 heavy (non-hydrogen) atoms. The summed E-state index contributed by atoms with van der Waals surface area (Å²) in [5.41, 5.74) is 4.70. The van der Waals surface area contributed by atoms with Gasteiger partial charge in [0, 0.05) is 14.9 Å². The van der Waals surface area contributed by atoms with Crippen molar-refractivity contribution in [3.63, 3.8) is 0 Å². The van der Waals surface area contributed by atoms with Gasteiger partial charge in [-0.2, -0.15) is 5.10 Å². The molecule has 0 unspecified atom stereocenters. The van der Waals surface area contributed by atoms with Crippen molar-refractivity contribution in [1.29, 1.82) is 0 Å². The van der Waals surface area contributed by atoms with E-state index in [0.29, 0.717) is 0 Å². The van der Waals surface area contributed by atoms with Gasteiger partial charge in [0.1, 0.15) is 0 Å². The number of hydrazone groups is 1. The first-order valence-electron chi connectivity index (χ1n) is 6.87. The van der Waals surface area contributed by atoms with E-state index in [1.54, 1.807) is 6.21 Å². The number of carbonyl (C=O) groups excluding carboxylic acids is 1. The normalized spacial score (nSPS) is 12.3. The van der Waals surface area contributed by atoms with Crippen LogP contribution >= 0.6 is 27.7 Å². The molecule has 1 amide bonds. The van der Waals surface area contributed by atoms with Gasteiger partial charge in [0.15, 0.2) is 0 Å². The molecule has 3 nitrogen and oxygen atoms in total. The van der Waals surface area contributed by atoms with E-state index >= 15 is 0 Å². The number of rotatable bonds is 5. The third-order valence-electron chi connectivity index (χ3n) is 2.99. The predicted octanol–water partition coefficient (Wildman–Crippen LogP) is 4.39. The lowest BCUT2D eigenvalue weighted by atomic mass is 10.2. The van der Waals surface area contributed by atoms with Gasteiger partial charge >= 0.3 is 0 Å². The molecule has 0 aliphatic heterocycles. The van der Waals surface area contributed by atoms with E-state index < -0.39 is 0 Å². The Kier molecular flexibility index (Phi) is 6.21. The molecule has 0 saturated carbocycles. The maximum absolute atomic E-state index is 12.0. The van der Waals surface area contributed by atoms with Crippen molar-refractivity contribution >= 4 is 39.8 Å². The molecular weight excluding hydrogens is 360 g/mol. The second-order valence-electron chi connectivity index (χ2n) is 4.83. The number of hydrogen-bond acceptors (Lipinski definition) is 3. The van der Waals surface area contributed by atoms with Crippen molar-refractivity contribution in [2.75, 3.05) is 0 Å². The minimum atomic E-state index is -0.209. The van der Waals surface area contributed by atoms with Crippen LogP contribution in [0.5, 0.6) is 0 Å². The molecule has 1 atom stereocenters. The average molecular weight is 377 g/mol. The summed E-state index contributed by atoms with van der Waals surface area (Å²) in [4.78, 5) is 13.1. The molecule has 0 aliphatic carbocycles. The zero-order chi connectivity index (χ0) is 15.9. The fourth-order valence-corrected chi connectivity index (χ4v) is 2.96. The first kappa shape index (κ1) is 16.8. The van der Waals surface area contributed by atoms with Crippen molar-refractivity contribution < 1.29 is 4.79 Å². The third-order valence-corrected chi connectivity index (χ3v) is 4.82. The van der Waals surface area contributed by atoms with Gasteiger partial charge < -0.3 is 0 Å². The van der Waals surface area contributed by atoms with Gasteiger partial charge in [-0.05, 0) is 32.0 Å². The molecule has 0 heterocycles. The highest BCUT2D eigenvalue weighted by Gasteiger charge is 2.13. The van der Waals surface area contributed by atoms with Gasteiger partial charge in [-0.1, -0.05) is 51.8 Å². The van der Waals surface area contributed by atoms with Gasteiger partial charge in [0.05, 0.1) is 11.5 Å².